The van der Waals surface area contributed by atoms with Gasteiger partial charge in [-0.25, -0.2) is 4.68 Å². The van der Waals surface area contributed by atoms with Gasteiger partial charge in [0.2, 0.25) is 0 Å². The minimum Gasteiger partial charge on any atom is -0.497 e. The summed E-state index contributed by atoms with van der Waals surface area (Å²) in [4.78, 5) is 0.799. The van der Waals surface area contributed by atoms with Crippen molar-refractivity contribution in [3.8, 4) is 5.75 Å². The van der Waals surface area contributed by atoms with Crippen molar-refractivity contribution in [1.82, 2.24) is 20.2 Å². The van der Waals surface area contributed by atoms with Crippen LogP contribution in [-0.4, -0.2) is 32.3 Å². The van der Waals surface area contributed by atoms with Crippen LogP contribution in [0.5, 0.6) is 5.75 Å². The molecule has 0 saturated carbocycles. The molecule has 6 nitrogen and oxygen atoms in total. The van der Waals surface area contributed by atoms with E-state index in [4.69, 9.17) is 17.0 Å². The van der Waals surface area contributed by atoms with Gasteiger partial charge in [0.1, 0.15) is 5.75 Å². The van der Waals surface area contributed by atoms with E-state index in [0.29, 0.717) is 0 Å². The third-order valence-electron chi connectivity index (χ3n) is 2.87. The lowest BCUT2D eigenvalue weighted by Crippen LogP contribution is -2.10. The van der Waals surface area contributed by atoms with Crippen molar-refractivity contribution in [2.45, 2.75) is 19.3 Å². The Hall–Kier alpha value is -2.02. The largest absolute Gasteiger partial charge is 0.497 e. The molecule has 0 amide bonds. The summed E-state index contributed by atoms with van der Waals surface area (Å²) in [6, 6.07) is 7.70. The summed E-state index contributed by atoms with van der Waals surface area (Å²) < 4.78 is 6.85. The Morgan fingerprint density at radius 2 is 2.30 bits per heavy atom. The van der Waals surface area contributed by atoms with Gasteiger partial charge in [-0.05, 0) is 35.4 Å². The first-order chi connectivity index (χ1) is 9.69. The van der Waals surface area contributed by atoms with Crippen molar-refractivity contribution in [3.63, 3.8) is 0 Å². The molecule has 0 aliphatic heterocycles. The highest BCUT2D eigenvalue weighted by Gasteiger charge is 2.04. The Labute approximate surface area is 123 Å². The van der Waals surface area contributed by atoms with Crippen molar-refractivity contribution in [3.05, 3.63) is 30.1 Å². The van der Waals surface area contributed by atoms with E-state index >= 15 is 0 Å². The van der Waals surface area contributed by atoms with E-state index in [1.807, 2.05) is 31.3 Å². The third-order valence-corrected chi connectivity index (χ3v) is 3.17. The number of nitrogens with one attached hydrogen (secondary N) is 1. The average molecular weight is 291 g/mol. The summed E-state index contributed by atoms with van der Waals surface area (Å²) in [6.07, 6.45) is 2.51. The molecular weight excluding hydrogens is 274 g/mol. The summed E-state index contributed by atoms with van der Waals surface area (Å²) >= 11 is 5.33. The Morgan fingerprint density at radius 1 is 1.45 bits per heavy atom. The molecule has 106 valence electrons. The zero-order valence-electron chi connectivity index (χ0n) is 11.5. The molecule has 0 aliphatic rings. The van der Waals surface area contributed by atoms with Crippen molar-refractivity contribution < 1.29 is 4.74 Å². The molecule has 0 spiro atoms. The molecule has 1 N–H and O–H groups in total. The van der Waals surface area contributed by atoms with E-state index in [-0.39, 0.29) is 0 Å². The fourth-order valence-electron chi connectivity index (χ4n) is 1.79. The summed E-state index contributed by atoms with van der Waals surface area (Å²) in [6.45, 7) is 0. The average Bonchev–Trinajstić information content (AvgIpc) is 2.85. The van der Waals surface area contributed by atoms with E-state index in [0.717, 1.165) is 41.5 Å². The maximum Gasteiger partial charge on any atom is 0.150 e. The maximum absolute atomic E-state index is 5.33. The third kappa shape index (κ3) is 3.99. The number of tetrazole rings is 1. The van der Waals surface area contributed by atoms with Crippen LogP contribution < -0.4 is 10.1 Å². The summed E-state index contributed by atoms with van der Waals surface area (Å²) in [7, 11) is 3.48. The first kappa shape index (κ1) is 14.4. The number of benzene rings is 1. The van der Waals surface area contributed by atoms with Crippen LogP contribution in [0.25, 0.3) is 0 Å². The van der Waals surface area contributed by atoms with Gasteiger partial charge in [-0.3, -0.25) is 0 Å². The zero-order valence-corrected chi connectivity index (χ0v) is 12.4. The first-order valence-electron chi connectivity index (χ1n) is 6.34. The van der Waals surface area contributed by atoms with Crippen LogP contribution in [0.3, 0.4) is 0 Å². The molecular formula is C13H17N5OS. The normalized spacial score (nSPS) is 10.3. The Kier molecular flexibility index (Phi) is 5.00. The molecule has 0 bridgehead atoms. The molecule has 0 saturated heterocycles. The lowest BCUT2D eigenvalue weighted by molar-refractivity contribution is 0.415. The molecule has 0 aliphatic carbocycles. The first-order valence-corrected chi connectivity index (χ1v) is 6.75. The maximum atomic E-state index is 5.33. The van der Waals surface area contributed by atoms with E-state index in [9.17, 15) is 0 Å². The van der Waals surface area contributed by atoms with Crippen molar-refractivity contribution in [2.24, 2.45) is 7.05 Å². The fraction of sp³-hybridized carbons (Fsp3) is 0.385. The second-order valence-corrected chi connectivity index (χ2v) is 4.85. The SMILES string of the molecule is COc1cccc(NC(=S)CCCc2nnnn2C)c1. The van der Waals surface area contributed by atoms with Gasteiger partial charge in [0.15, 0.2) is 5.82 Å². The van der Waals surface area contributed by atoms with E-state index in [2.05, 4.69) is 20.8 Å². The molecule has 0 radical (unpaired) electrons. The van der Waals surface area contributed by atoms with Gasteiger partial charge in [0.05, 0.1) is 12.1 Å². The molecule has 2 aromatic rings. The number of aryl methyl sites for hydroxylation is 2. The number of methoxy groups -OCH3 is 1. The van der Waals surface area contributed by atoms with Gasteiger partial charge in [-0.15, -0.1) is 5.10 Å². The molecule has 0 atom stereocenters. The van der Waals surface area contributed by atoms with Gasteiger partial charge in [-0.2, -0.15) is 0 Å². The van der Waals surface area contributed by atoms with Crippen LogP contribution >= 0.6 is 12.2 Å². The van der Waals surface area contributed by atoms with Crippen molar-refractivity contribution >= 4 is 22.9 Å². The molecule has 1 aromatic carbocycles. The molecule has 0 fully saturated rings. The van der Waals surface area contributed by atoms with Gasteiger partial charge < -0.3 is 10.1 Å². The molecule has 1 heterocycles. The zero-order chi connectivity index (χ0) is 14.4. The molecule has 7 heteroatoms. The van der Waals surface area contributed by atoms with E-state index in [1.165, 1.54) is 0 Å². The number of anilines is 1. The lowest BCUT2D eigenvalue weighted by atomic mass is 10.2. The topological polar surface area (TPSA) is 64.9 Å². The van der Waals surface area contributed by atoms with Crippen LogP contribution in [0.1, 0.15) is 18.7 Å². The fourth-order valence-corrected chi connectivity index (χ4v) is 2.05. The number of hydrogen-bond acceptors (Lipinski definition) is 5. The highest BCUT2D eigenvalue weighted by molar-refractivity contribution is 7.80. The highest BCUT2D eigenvalue weighted by Crippen LogP contribution is 2.17. The predicted molar refractivity (Wildman–Crippen MR) is 81.0 cm³/mol. The minimum atomic E-state index is 0.791. The number of aromatic nitrogens is 4. The quantitative estimate of drug-likeness (QED) is 0.821. The van der Waals surface area contributed by atoms with Gasteiger partial charge in [-0.1, -0.05) is 18.3 Å². The second-order valence-electron chi connectivity index (χ2n) is 4.35. The number of thiocarbonyl (C=S) groups is 1. The molecule has 1 aromatic heterocycles. The Bertz CT molecular complexity index is 584. The highest BCUT2D eigenvalue weighted by atomic mass is 32.1. The minimum absolute atomic E-state index is 0.791. The van der Waals surface area contributed by atoms with Crippen molar-refractivity contribution in [2.75, 3.05) is 12.4 Å². The summed E-state index contributed by atoms with van der Waals surface area (Å²) in [5.41, 5.74) is 0.940. The van der Waals surface area contributed by atoms with Gasteiger partial charge >= 0.3 is 0 Å². The monoisotopic (exact) mass is 291 g/mol. The summed E-state index contributed by atoms with van der Waals surface area (Å²) in [5, 5.41) is 14.5. The van der Waals surface area contributed by atoms with Crippen LogP contribution in [0.2, 0.25) is 0 Å². The van der Waals surface area contributed by atoms with Crippen LogP contribution in [0.4, 0.5) is 5.69 Å². The summed E-state index contributed by atoms with van der Waals surface area (Å²) in [5.74, 6) is 1.68. The van der Waals surface area contributed by atoms with E-state index in [1.54, 1.807) is 11.8 Å². The van der Waals surface area contributed by atoms with Gasteiger partial charge in [0, 0.05) is 25.2 Å². The predicted octanol–water partition coefficient (Wildman–Crippen LogP) is 1.98. The Morgan fingerprint density at radius 3 is 3.00 bits per heavy atom. The number of nitrogens with zero attached hydrogens (tertiary/aromatic N) is 4. The number of hydrogen-bond donors (Lipinski definition) is 1. The van der Waals surface area contributed by atoms with Crippen LogP contribution in [0.15, 0.2) is 24.3 Å². The molecule has 2 rings (SSSR count). The second kappa shape index (κ2) is 6.95. The van der Waals surface area contributed by atoms with Crippen molar-refractivity contribution in [1.29, 1.82) is 0 Å². The standard InChI is InChI=1S/C13H17N5OS/c1-18-12(15-16-17-18)7-4-8-13(20)14-10-5-3-6-11(9-10)19-2/h3,5-6,9H,4,7-8H2,1-2H3,(H,14,20). The van der Waals surface area contributed by atoms with Gasteiger partial charge in [0.25, 0.3) is 0 Å². The molecule has 20 heavy (non-hydrogen) atoms. The Balaban J connectivity index is 1.79. The smallest absolute Gasteiger partial charge is 0.150 e. The van der Waals surface area contributed by atoms with Crippen LogP contribution in [0, 0.1) is 0 Å². The molecule has 0 unspecified atom stereocenters. The number of ether oxygens (including phenoxy) is 1. The number of rotatable bonds is 6. The lowest BCUT2D eigenvalue weighted by Gasteiger charge is -2.09. The van der Waals surface area contributed by atoms with Crippen LogP contribution in [-0.2, 0) is 13.5 Å². The van der Waals surface area contributed by atoms with E-state index < -0.39 is 0 Å².